The van der Waals surface area contributed by atoms with E-state index in [1.165, 1.54) is 0 Å². The second-order valence-corrected chi connectivity index (χ2v) is 2.82. The third-order valence-electron chi connectivity index (χ3n) is 1.78. The number of nitrogens with one attached hydrogen (secondary N) is 2. The van der Waals surface area contributed by atoms with E-state index in [0.29, 0.717) is 0 Å². The molecule has 0 aliphatic rings. The number of aromatic nitrogens is 2. The summed E-state index contributed by atoms with van der Waals surface area (Å²) in [6, 6.07) is 5.72. The fourth-order valence-corrected chi connectivity index (χ4v) is 1.15. The van der Waals surface area contributed by atoms with Crippen molar-refractivity contribution < 1.29 is 0 Å². The van der Waals surface area contributed by atoms with Crippen LogP contribution in [0.4, 0.5) is 11.5 Å². The van der Waals surface area contributed by atoms with Crippen LogP contribution < -0.4 is 5.32 Å². The highest BCUT2D eigenvalue weighted by atomic mass is 15.0. The highest BCUT2D eigenvalue weighted by Gasteiger charge is 1.95. The molecule has 0 bridgehead atoms. The Hall–Kier alpha value is -2.21. The molecular weight excluding hydrogens is 174 g/mol. The molecule has 0 fully saturated rings. The molecule has 0 saturated carbocycles. The lowest BCUT2D eigenvalue weighted by Crippen LogP contribution is -1.91. The SMILES string of the molecule is C#Cc1cncc(Nc2ccc[nH]2)c1. The minimum atomic E-state index is 0.765. The maximum Gasteiger partial charge on any atom is 0.107 e. The van der Waals surface area contributed by atoms with E-state index >= 15 is 0 Å². The average molecular weight is 183 g/mol. The molecular formula is C11H9N3. The van der Waals surface area contributed by atoms with Crippen LogP contribution in [0.1, 0.15) is 5.56 Å². The molecule has 0 saturated heterocycles. The second-order valence-electron chi connectivity index (χ2n) is 2.82. The number of hydrogen-bond acceptors (Lipinski definition) is 2. The summed E-state index contributed by atoms with van der Waals surface area (Å²) in [7, 11) is 0. The van der Waals surface area contributed by atoms with E-state index in [1.54, 1.807) is 12.4 Å². The Morgan fingerprint density at radius 2 is 2.36 bits per heavy atom. The number of hydrogen-bond donors (Lipinski definition) is 2. The molecule has 3 heteroatoms. The summed E-state index contributed by atoms with van der Waals surface area (Å²) in [5.41, 5.74) is 1.64. The van der Waals surface area contributed by atoms with Crippen molar-refractivity contribution in [2.45, 2.75) is 0 Å². The quantitative estimate of drug-likeness (QED) is 0.700. The summed E-state index contributed by atoms with van der Waals surface area (Å²) < 4.78 is 0. The second kappa shape index (κ2) is 3.67. The molecule has 2 aromatic rings. The first kappa shape index (κ1) is 8.39. The fourth-order valence-electron chi connectivity index (χ4n) is 1.15. The lowest BCUT2D eigenvalue weighted by molar-refractivity contribution is 1.29. The Labute approximate surface area is 82.2 Å². The summed E-state index contributed by atoms with van der Waals surface area (Å²) >= 11 is 0. The van der Waals surface area contributed by atoms with Gasteiger partial charge in [-0.05, 0) is 18.2 Å². The highest BCUT2D eigenvalue weighted by molar-refractivity contribution is 5.57. The molecule has 0 aliphatic carbocycles. The minimum Gasteiger partial charge on any atom is -0.348 e. The molecule has 2 N–H and O–H groups in total. The minimum absolute atomic E-state index is 0.765. The number of anilines is 2. The number of pyridine rings is 1. The van der Waals surface area contributed by atoms with Gasteiger partial charge in [0.15, 0.2) is 0 Å². The first-order valence-corrected chi connectivity index (χ1v) is 4.20. The topological polar surface area (TPSA) is 40.7 Å². The maximum atomic E-state index is 5.27. The molecule has 0 atom stereocenters. The van der Waals surface area contributed by atoms with Crippen molar-refractivity contribution >= 4 is 11.5 Å². The maximum absolute atomic E-state index is 5.27. The van der Waals surface area contributed by atoms with E-state index < -0.39 is 0 Å². The van der Waals surface area contributed by atoms with E-state index in [1.807, 2.05) is 24.4 Å². The molecule has 2 aromatic heterocycles. The lowest BCUT2D eigenvalue weighted by Gasteiger charge is -2.02. The molecule has 14 heavy (non-hydrogen) atoms. The summed E-state index contributed by atoms with van der Waals surface area (Å²) in [6.07, 6.45) is 10.5. The van der Waals surface area contributed by atoms with Crippen LogP contribution in [-0.4, -0.2) is 9.97 Å². The molecule has 0 spiro atoms. The molecule has 68 valence electrons. The molecule has 2 heterocycles. The molecule has 0 unspecified atom stereocenters. The fraction of sp³-hybridized carbons (Fsp3) is 0. The van der Waals surface area contributed by atoms with Gasteiger partial charge >= 0.3 is 0 Å². The van der Waals surface area contributed by atoms with Crippen LogP contribution >= 0.6 is 0 Å². The van der Waals surface area contributed by atoms with Gasteiger partial charge in [-0.15, -0.1) is 6.42 Å². The third-order valence-corrected chi connectivity index (χ3v) is 1.78. The van der Waals surface area contributed by atoms with Gasteiger partial charge in [-0.1, -0.05) is 5.92 Å². The first-order valence-electron chi connectivity index (χ1n) is 4.20. The van der Waals surface area contributed by atoms with Crippen LogP contribution in [0, 0.1) is 12.3 Å². The Balaban J connectivity index is 2.22. The van der Waals surface area contributed by atoms with Gasteiger partial charge < -0.3 is 10.3 Å². The predicted octanol–water partition coefficient (Wildman–Crippen LogP) is 2.13. The zero-order valence-electron chi connectivity index (χ0n) is 7.49. The van der Waals surface area contributed by atoms with Crippen LogP contribution in [0.25, 0.3) is 0 Å². The molecule has 0 radical (unpaired) electrons. The molecule has 3 nitrogen and oxygen atoms in total. The van der Waals surface area contributed by atoms with E-state index in [4.69, 9.17) is 6.42 Å². The van der Waals surface area contributed by atoms with Crippen LogP contribution in [0.3, 0.4) is 0 Å². The lowest BCUT2D eigenvalue weighted by atomic mass is 10.3. The van der Waals surface area contributed by atoms with Gasteiger partial charge in [0.25, 0.3) is 0 Å². The molecule has 2 rings (SSSR count). The largest absolute Gasteiger partial charge is 0.348 e. The zero-order chi connectivity index (χ0) is 9.80. The molecule has 0 aromatic carbocycles. The van der Waals surface area contributed by atoms with Crippen molar-refractivity contribution in [1.82, 2.24) is 9.97 Å². The Morgan fingerprint density at radius 3 is 3.07 bits per heavy atom. The van der Waals surface area contributed by atoms with Gasteiger partial charge in [-0.2, -0.15) is 0 Å². The summed E-state index contributed by atoms with van der Waals surface area (Å²) in [6.45, 7) is 0. The summed E-state index contributed by atoms with van der Waals surface area (Å²) in [5.74, 6) is 3.45. The van der Waals surface area contributed by atoms with E-state index in [-0.39, 0.29) is 0 Å². The molecule has 0 amide bonds. The van der Waals surface area contributed by atoms with Gasteiger partial charge in [-0.25, -0.2) is 0 Å². The average Bonchev–Trinajstić information content (AvgIpc) is 2.71. The zero-order valence-corrected chi connectivity index (χ0v) is 7.49. The van der Waals surface area contributed by atoms with Crippen molar-refractivity contribution in [2.24, 2.45) is 0 Å². The van der Waals surface area contributed by atoms with Crippen molar-refractivity contribution in [3.63, 3.8) is 0 Å². The Bertz CT molecular complexity index is 452. The van der Waals surface area contributed by atoms with E-state index in [2.05, 4.69) is 21.2 Å². The van der Waals surface area contributed by atoms with Crippen LogP contribution in [-0.2, 0) is 0 Å². The van der Waals surface area contributed by atoms with Gasteiger partial charge in [0.05, 0.1) is 11.9 Å². The normalized spacial score (nSPS) is 9.36. The van der Waals surface area contributed by atoms with Crippen LogP contribution in [0.2, 0.25) is 0 Å². The smallest absolute Gasteiger partial charge is 0.107 e. The monoisotopic (exact) mass is 183 g/mol. The van der Waals surface area contributed by atoms with Crippen molar-refractivity contribution in [3.05, 3.63) is 42.4 Å². The number of aromatic amines is 1. The van der Waals surface area contributed by atoms with Gasteiger partial charge in [0.1, 0.15) is 5.82 Å². The predicted molar refractivity (Wildman–Crippen MR) is 56.2 cm³/mol. The highest BCUT2D eigenvalue weighted by Crippen LogP contribution is 2.13. The van der Waals surface area contributed by atoms with Gasteiger partial charge in [0, 0.05) is 18.0 Å². The Kier molecular flexibility index (Phi) is 2.20. The standard InChI is InChI=1S/C11H9N3/c1-2-9-6-10(8-12-7-9)14-11-4-3-5-13-11/h1,3-8,13-14H. The van der Waals surface area contributed by atoms with Gasteiger partial charge in [-0.3, -0.25) is 4.98 Å². The van der Waals surface area contributed by atoms with Crippen molar-refractivity contribution in [1.29, 1.82) is 0 Å². The number of nitrogens with zero attached hydrogens (tertiary/aromatic N) is 1. The first-order chi connectivity index (χ1) is 6.88. The summed E-state index contributed by atoms with van der Waals surface area (Å²) in [4.78, 5) is 7.05. The van der Waals surface area contributed by atoms with E-state index in [9.17, 15) is 0 Å². The van der Waals surface area contributed by atoms with Gasteiger partial charge in [0.2, 0.25) is 0 Å². The Morgan fingerprint density at radius 1 is 1.43 bits per heavy atom. The van der Waals surface area contributed by atoms with Crippen LogP contribution in [0.15, 0.2) is 36.8 Å². The van der Waals surface area contributed by atoms with Crippen molar-refractivity contribution in [3.8, 4) is 12.3 Å². The molecule has 0 aliphatic heterocycles. The number of H-pyrrole nitrogens is 1. The number of rotatable bonds is 2. The number of terminal acetylenes is 1. The van der Waals surface area contributed by atoms with Crippen molar-refractivity contribution in [2.75, 3.05) is 5.32 Å². The summed E-state index contributed by atoms with van der Waals surface area (Å²) in [5, 5.41) is 3.14. The third kappa shape index (κ3) is 1.75. The van der Waals surface area contributed by atoms with Crippen LogP contribution in [0.5, 0.6) is 0 Å². The van der Waals surface area contributed by atoms with E-state index in [0.717, 1.165) is 17.1 Å².